The highest BCUT2D eigenvalue weighted by atomic mass is 16.5. The van der Waals surface area contributed by atoms with Gasteiger partial charge in [-0.05, 0) is 50.1 Å². The number of nitrogens with one attached hydrogen (secondary N) is 3. The molecule has 1 amide bonds. The van der Waals surface area contributed by atoms with Crippen molar-refractivity contribution in [1.29, 1.82) is 5.26 Å². The van der Waals surface area contributed by atoms with Gasteiger partial charge in [0, 0.05) is 63.4 Å². The van der Waals surface area contributed by atoms with E-state index in [1.54, 1.807) is 24.2 Å². The lowest BCUT2D eigenvalue weighted by atomic mass is 9.89. The van der Waals surface area contributed by atoms with Crippen molar-refractivity contribution in [1.82, 2.24) is 35.3 Å². The molecule has 5 heterocycles. The molecule has 0 radical (unpaired) electrons. The monoisotopic (exact) mass is 540 g/mol. The summed E-state index contributed by atoms with van der Waals surface area (Å²) in [6.45, 7) is 6.73. The molecule has 1 fully saturated rings. The minimum absolute atomic E-state index is 0.174. The van der Waals surface area contributed by atoms with Crippen LogP contribution >= 0.6 is 0 Å². The van der Waals surface area contributed by atoms with Gasteiger partial charge in [-0.3, -0.25) is 9.89 Å². The van der Waals surface area contributed by atoms with Gasteiger partial charge >= 0.3 is 0 Å². The summed E-state index contributed by atoms with van der Waals surface area (Å²) in [5.74, 6) is 2.35. The number of aromatic amines is 1. The second-order valence-corrected chi connectivity index (χ2v) is 9.98. The number of pyridine rings is 2. The zero-order valence-corrected chi connectivity index (χ0v) is 23.0. The summed E-state index contributed by atoms with van der Waals surface area (Å²) < 4.78 is 7.52. The van der Waals surface area contributed by atoms with Crippen molar-refractivity contribution in [3.63, 3.8) is 0 Å². The van der Waals surface area contributed by atoms with Crippen LogP contribution < -0.4 is 15.5 Å². The first-order chi connectivity index (χ1) is 19.3. The van der Waals surface area contributed by atoms with E-state index in [0.717, 1.165) is 16.8 Å². The fourth-order valence-electron chi connectivity index (χ4n) is 4.91. The molecular formula is C28H32N10O2. The number of carbonyl (C=O) groups excluding carboxylic acids is 1. The molecule has 0 spiro atoms. The number of hydrogen-bond donors (Lipinski definition) is 3. The lowest BCUT2D eigenvalue weighted by Crippen LogP contribution is -2.55. The lowest BCUT2D eigenvalue weighted by molar-refractivity contribution is -0.146. The first-order valence-corrected chi connectivity index (χ1v) is 13.1. The third kappa shape index (κ3) is 5.37. The zero-order valence-electron chi connectivity index (χ0n) is 23.0. The number of H-pyrrole nitrogens is 1. The standard InChI is InChI=1S/C28H32N10O2/c1-18-14-23(33-24-15-19(2)35-36-24)34-26(22(18)16-29)37-12-8-28(40-4,9-13-37)27(39)32-20(3)21-6-7-25(30-17-21)38-11-5-10-31-38/h5-7,10-11,14-15,17,20H,8-9,12-13H2,1-4H3,(H,32,39)(H2,33,34,35,36)/t20-/m0/s1. The minimum atomic E-state index is -0.989. The van der Waals surface area contributed by atoms with Gasteiger partial charge in [0.05, 0.1) is 11.6 Å². The molecule has 3 N–H and O–H groups in total. The van der Waals surface area contributed by atoms with Crippen molar-refractivity contribution in [2.75, 3.05) is 30.4 Å². The number of amides is 1. The van der Waals surface area contributed by atoms with Crippen molar-refractivity contribution in [2.45, 2.75) is 45.3 Å². The quantitative estimate of drug-likeness (QED) is 0.305. The predicted octanol–water partition coefficient (Wildman–Crippen LogP) is 3.48. The molecule has 1 saturated heterocycles. The Morgan fingerprint density at radius 2 is 2.02 bits per heavy atom. The van der Waals surface area contributed by atoms with Crippen molar-refractivity contribution < 1.29 is 9.53 Å². The minimum Gasteiger partial charge on any atom is -0.368 e. The Hall–Kier alpha value is -4.76. The molecule has 4 aromatic heterocycles. The van der Waals surface area contributed by atoms with E-state index in [4.69, 9.17) is 9.72 Å². The van der Waals surface area contributed by atoms with Gasteiger partial charge in [0.25, 0.3) is 5.91 Å². The van der Waals surface area contributed by atoms with E-state index in [-0.39, 0.29) is 11.9 Å². The van der Waals surface area contributed by atoms with E-state index in [9.17, 15) is 10.1 Å². The van der Waals surface area contributed by atoms with Gasteiger partial charge in [-0.2, -0.15) is 15.5 Å². The van der Waals surface area contributed by atoms with Crippen LogP contribution in [0.5, 0.6) is 0 Å². The summed E-state index contributed by atoms with van der Waals surface area (Å²) in [5.41, 5.74) is 2.14. The normalized spacial score (nSPS) is 15.3. The zero-order chi connectivity index (χ0) is 28.3. The first-order valence-electron chi connectivity index (χ1n) is 13.1. The van der Waals surface area contributed by atoms with Gasteiger partial charge in [0.15, 0.2) is 11.6 Å². The molecule has 12 nitrogen and oxygen atoms in total. The summed E-state index contributed by atoms with van der Waals surface area (Å²) in [5, 5.41) is 27.5. The van der Waals surface area contributed by atoms with E-state index in [1.807, 2.05) is 62.2 Å². The van der Waals surface area contributed by atoms with Crippen molar-refractivity contribution >= 4 is 23.4 Å². The Morgan fingerprint density at radius 3 is 2.62 bits per heavy atom. The highest BCUT2D eigenvalue weighted by Crippen LogP contribution is 2.33. The summed E-state index contributed by atoms with van der Waals surface area (Å²) in [7, 11) is 1.57. The number of aryl methyl sites for hydroxylation is 2. The Bertz CT molecular complexity index is 1510. The van der Waals surface area contributed by atoms with Gasteiger partial charge in [-0.15, -0.1) is 0 Å². The van der Waals surface area contributed by atoms with Crippen LogP contribution in [0.2, 0.25) is 0 Å². The molecular weight excluding hydrogens is 508 g/mol. The number of ether oxygens (including phenoxy) is 1. The topological polar surface area (TPSA) is 150 Å². The highest BCUT2D eigenvalue weighted by molar-refractivity contribution is 5.86. The number of aromatic nitrogens is 6. The summed E-state index contributed by atoms with van der Waals surface area (Å²) in [6, 6.07) is 11.4. The van der Waals surface area contributed by atoms with E-state index < -0.39 is 5.60 Å². The van der Waals surface area contributed by atoms with Gasteiger partial charge in [-0.1, -0.05) is 6.07 Å². The number of methoxy groups -OCH3 is 1. The molecule has 4 aromatic rings. The van der Waals surface area contributed by atoms with Crippen LogP contribution in [0.3, 0.4) is 0 Å². The third-order valence-corrected chi connectivity index (χ3v) is 7.30. The fourth-order valence-corrected chi connectivity index (χ4v) is 4.91. The molecule has 0 saturated carbocycles. The average Bonchev–Trinajstić information content (AvgIpc) is 3.65. The fraction of sp³-hybridized carbons (Fsp3) is 0.357. The molecule has 1 aliphatic heterocycles. The lowest BCUT2D eigenvalue weighted by Gasteiger charge is -2.40. The summed E-state index contributed by atoms with van der Waals surface area (Å²) in [4.78, 5) is 24.7. The van der Waals surface area contributed by atoms with Crippen LogP contribution in [0.15, 0.2) is 48.9 Å². The molecule has 0 aliphatic carbocycles. The maximum absolute atomic E-state index is 13.5. The second-order valence-electron chi connectivity index (χ2n) is 9.98. The molecule has 1 atom stereocenters. The number of piperidine rings is 1. The highest BCUT2D eigenvalue weighted by Gasteiger charge is 2.43. The van der Waals surface area contributed by atoms with Gasteiger partial charge in [-0.25, -0.2) is 14.6 Å². The first kappa shape index (κ1) is 26.8. The maximum Gasteiger partial charge on any atom is 0.252 e. The molecule has 0 unspecified atom stereocenters. The SMILES string of the molecule is COC1(C(=O)N[C@@H](C)c2ccc(-n3cccn3)nc2)CCN(c2nc(Nc3cc(C)[nH]n3)cc(C)c2C#N)CC1. The number of nitrogens with zero attached hydrogens (tertiary/aromatic N) is 7. The number of nitriles is 1. The number of anilines is 3. The van der Waals surface area contributed by atoms with Crippen molar-refractivity contribution in [3.8, 4) is 11.9 Å². The molecule has 1 aliphatic rings. The summed E-state index contributed by atoms with van der Waals surface area (Å²) in [6.07, 6.45) is 6.15. The van der Waals surface area contributed by atoms with Gasteiger partial charge in [0.2, 0.25) is 0 Å². The Balaban J connectivity index is 1.27. The third-order valence-electron chi connectivity index (χ3n) is 7.30. The van der Waals surface area contributed by atoms with Crippen LogP contribution in [0.25, 0.3) is 5.82 Å². The van der Waals surface area contributed by atoms with E-state index in [2.05, 4.69) is 37.0 Å². The molecule has 5 rings (SSSR count). The molecule has 206 valence electrons. The van der Waals surface area contributed by atoms with Crippen LogP contribution in [0.4, 0.5) is 17.5 Å². The van der Waals surface area contributed by atoms with E-state index >= 15 is 0 Å². The Kier molecular flexibility index (Phi) is 7.48. The second kappa shape index (κ2) is 11.2. The van der Waals surface area contributed by atoms with Crippen LogP contribution in [-0.2, 0) is 9.53 Å². The Morgan fingerprint density at radius 1 is 1.23 bits per heavy atom. The number of hydrogen-bond acceptors (Lipinski definition) is 9. The van der Waals surface area contributed by atoms with Crippen molar-refractivity contribution in [2.24, 2.45) is 0 Å². The van der Waals surface area contributed by atoms with Crippen LogP contribution in [0, 0.1) is 25.2 Å². The maximum atomic E-state index is 13.5. The van der Waals surface area contributed by atoms with Crippen LogP contribution in [-0.4, -0.2) is 61.7 Å². The van der Waals surface area contributed by atoms with E-state index in [0.29, 0.717) is 54.8 Å². The number of rotatable bonds is 8. The largest absolute Gasteiger partial charge is 0.368 e. The smallest absolute Gasteiger partial charge is 0.252 e. The Labute approximate surface area is 232 Å². The van der Waals surface area contributed by atoms with Gasteiger partial charge in [0.1, 0.15) is 23.3 Å². The molecule has 12 heteroatoms. The van der Waals surface area contributed by atoms with Crippen molar-refractivity contribution in [3.05, 3.63) is 71.3 Å². The number of carbonyl (C=O) groups is 1. The van der Waals surface area contributed by atoms with Gasteiger partial charge < -0.3 is 20.3 Å². The molecule has 0 aromatic carbocycles. The molecule has 40 heavy (non-hydrogen) atoms. The van der Waals surface area contributed by atoms with E-state index in [1.165, 1.54) is 0 Å². The average molecular weight is 541 g/mol. The predicted molar refractivity (Wildman–Crippen MR) is 149 cm³/mol. The van der Waals surface area contributed by atoms with Crippen LogP contribution in [0.1, 0.15) is 48.2 Å². The molecule has 0 bridgehead atoms. The summed E-state index contributed by atoms with van der Waals surface area (Å²) >= 11 is 0.